The van der Waals surface area contributed by atoms with Crippen molar-refractivity contribution in [3.63, 3.8) is 0 Å². The Morgan fingerprint density at radius 1 is 0.742 bits per heavy atom. The number of halogens is 1. The zero-order chi connectivity index (χ0) is 21.3. The van der Waals surface area contributed by atoms with Crippen LogP contribution in [0.1, 0.15) is 5.56 Å². The van der Waals surface area contributed by atoms with Crippen LogP contribution in [0.25, 0.3) is 44.0 Å². The van der Waals surface area contributed by atoms with Gasteiger partial charge in [-0.25, -0.2) is 0 Å². The van der Waals surface area contributed by atoms with E-state index < -0.39 is 5.56 Å². The third kappa shape index (κ3) is 2.20. The highest BCUT2D eigenvalue weighted by Crippen LogP contribution is 2.36. The molecule has 0 unspecified atom stereocenters. The summed E-state index contributed by atoms with van der Waals surface area (Å²) in [6.45, 7) is 0. The summed E-state index contributed by atoms with van der Waals surface area (Å²) < 4.78 is 3.06. The fourth-order valence-corrected chi connectivity index (χ4v) is 4.66. The summed E-state index contributed by atoms with van der Waals surface area (Å²) in [5.41, 5.74) is 2.26. The van der Waals surface area contributed by atoms with Crippen molar-refractivity contribution < 1.29 is 0 Å². The molecule has 146 valence electrons. The van der Waals surface area contributed by atoms with E-state index in [1.807, 2.05) is 36.4 Å². The first-order chi connectivity index (χ1) is 15.1. The van der Waals surface area contributed by atoms with E-state index in [2.05, 4.69) is 6.07 Å². The molecule has 3 aromatic carbocycles. The lowest BCUT2D eigenvalue weighted by Crippen LogP contribution is -2.21. The third-order valence-electron chi connectivity index (χ3n) is 5.80. The van der Waals surface area contributed by atoms with Gasteiger partial charge in [-0.05, 0) is 41.3 Å². The Balaban J connectivity index is 2.07. The molecule has 0 radical (unpaired) electrons. The molecule has 0 atom stereocenters. The highest BCUT2D eigenvalue weighted by Gasteiger charge is 2.25. The van der Waals surface area contributed by atoms with E-state index in [1.54, 1.807) is 40.8 Å². The Bertz CT molecular complexity index is 1840. The summed E-state index contributed by atoms with van der Waals surface area (Å²) in [5, 5.41) is 12.5. The number of rotatable bonds is 1. The zero-order valence-electron chi connectivity index (χ0n) is 16.0. The molecular weight excluding hydrogens is 410 g/mol. The Kier molecular flexibility index (Phi) is 3.53. The maximum atomic E-state index is 13.5. The Morgan fingerprint density at radius 3 is 1.97 bits per heavy atom. The standard InChI is InChI=1S/C25H12ClN3O2/c26-15-11-9-14(10-12-15)21-18(13-27)25(31)29-20-8-4-3-7-19(20)28-23(29)22(21)16-5-1-2-6-17(16)24(28)30/h1-12H. The second kappa shape index (κ2) is 6.18. The maximum absolute atomic E-state index is 13.5. The van der Waals surface area contributed by atoms with E-state index in [1.165, 1.54) is 4.40 Å². The highest BCUT2D eigenvalue weighted by atomic mass is 35.5. The van der Waals surface area contributed by atoms with Crippen molar-refractivity contribution >= 4 is 44.4 Å². The van der Waals surface area contributed by atoms with Crippen molar-refractivity contribution in [2.75, 3.05) is 0 Å². The van der Waals surface area contributed by atoms with E-state index in [0.717, 1.165) is 0 Å². The molecule has 31 heavy (non-hydrogen) atoms. The monoisotopic (exact) mass is 421 g/mol. The van der Waals surface area contributed by atoms with Crippen molar-refractivity contribution in [1.29, 1.82) is 5.26 Å². The van der Waals surface area contributed by atoms with Gasteiger partial charge in [-0.1, -0.05) is 54.1 Å². The van der Waals surface area contributed by atoms with E-state index in [4.69, 9.17) is 11.6 Å². The van der Waals surface area contributed by atoms with Crippen LogP contribution < -0.4 is 11.1 Å². The summed E-state index contributed by atoms with van der Waals surface area (Å²) in [6, 6.07) is 23.7. The summed E-state index contributed by atoms with van der Waals surface area (Å²) in [7, 11) is 0. The van der Waals surface area contributed by atoms with Gasteiger partial charge in [0.1, 0.15) is 17.3 Å². The summed E-state index contributed by atoms with van der Waals surface area (Å²) in [5.74, 6) is 0. The van der Waals surface area contributed by atoms with Gasteiger partial charge >= 0.3 is 0 Å². The third-order valence-corrected chi connectivity index (χ3v) is 6.05. The molecule has 0 saturated heterocycles. The topological polar surface area (TPSA) is 66.8 Å². The molecule has 6 heteroatoms. The number of fused-ring (bicyclic) bond motifs is 5. The molecule has 0 amide bonds. The number of benzene rings is 3. The summed E-state index contributed by atoms with van der Waals surface area (Å²) in [6.07, 6.45) is 0. The number of hydrogen-bond acceptors (Lipinski definition) is 3. The minimum absolute atomic E-state index is 0.0295. The van der Waals surface area contributed by atoms with Gasteiger partial charge < -0.3 is 0 Å². The van der Waals surface area contributed by atoms with E-state index in [9.17, 15) is 14.9 Å². The van der Waals surface area contributed by atoms with Gasteiger partial charge in [0.2, 0.25) is 0 Å². The van der Waals surface area contributed by atoms with Crippen LogP contribution in [-0.2, 0) is 0 Å². The van der Waals surface area contributed by atoms with Crippen LogP contribution in [0.4, 0.5) is 0 Å². The molecule has 0 bridgehead atoms. The van der Waals surface area contributed by atoms with Crippen molar-refractivity contribution in [3.8, 4) is 17.2 Å². The molecule has 3 aromatic heterocycles. The van der Waals surface area contributed by atoms with Crippen molar-refractivity contribution in [3.05, 3.63) is 104 Å². The van der Waals surface area contributed by atoms with Crippen molar-refractivity contribution in [2.24, 2.45) is 0 Å². The van der Waals surface area contributed by atoms with E-state index in [0.29, 0.717) is 49.0 Å². The van der Waals surface area contributed by atoms with Crippen LogP contribution in [0.2, 0.25) is 5.02 Å². The van der Waals surface area contributed by atoms with Crippen molar-refractivity contribution in [1.82, 2.24) is 8.80 Å². The molecule has 6 aromatic rings. The highest BCUT2D eigenvalue weighted by molar-refractivity contribution is 6.30. The molecule has 0 aliphatic rings. The molecule has 5 nitrogen and oxygen atoms in total. The van der Waals surface area contributed by atoms with Gasteiger partial charge in [0, 0.05) is 21.4 Å². The van der Waals surface area contributed by atoms with Crippen LogP contribution in [0.3, 0.4) is 0 Å². The number of aromatic nitrogens is 2. The second-order valence-electron chi connectivity index (χ2n) is 7.38. The first-order valence-corrected chi connectivity index (χ1v) is 10.0. The minimum Gasteiger partial charge on any atom is -0.268 e. The molecule has 0 saturated carbocycles. The predicted octanol–water partition coefficient (Wildman–Crippen LogP) is 4.85. The molecule has 0 fully saturated rings. The van der Waals surface area contributed by atoms with Crippen LogP contribution in [-0.4, -0.2) is 8.80 Å². The number of nitrogens with zero attached hydrogens (tertiary/aromatic N) is 3. The Labute approximate surface area is 179 Å². The number of pyridine rings is 2. The number of imidazole rings is 1. The van der Waals surface area contributed by atoms with Crippen LogP contribution in [0.15, 0.2) is 82.4 Å². The van der Waals surface area contributed by atoms with Gasteiger partial charge in [0.15, 0.2) is 0 Å². The van der Waals surface area contributed by atoms with Gasteiger partial charge in [-0.2, -0.15) is 5.26 Å². The summed E-state index contributed by atoms with van der Waals surface area (Å²) >= 11 is 6.08. The van der Waals surface area contributed by atoms with Crippen LogP contribution in [0, 0.1) is 11.3 Å². The predicted molar refractivity (Wildman–Crippen MR) is 122 cm³/mol. The Hall–Kier alpha value is -4.14. The number of para-hydroxylation sites is 2. The zero-order valence-corrected chi connectivity index (χ0v) is 16.7. The first-order valence-electron chi connectivity index (χ1n) is 9.64. The van der Waals surface area contributed by atoms with E-state index in [-0.39, 0.29) is 11.1 Å². The fraction of sp³-hybridized carbons (Fsp3) is 0. The molecule has 0 N–H and O–H groups in total. The fourth-order valence-electron chi connectivity index (χ4n) is 4.53. The normalized spacial score (nSPS) is 11.6. The second-order valence-corrected chi connectivity index (χ2v) is 7.82. The molecule has 3 heterocycles. The lowest BCUT2D eigenvalue weighted by Gasteiger charge is -2.13. The average Bonchev–Trinajstić information content (AvgIpc) is 3.14. The van der Waals surface area contributed by atoms with Crippen LogP contribution >= 0.6 is 11.6 Å². The van der Waals surface area contributed by atoms with Gasteiger partial charge in [0.05, 0.1) is 11.0 Å². The quantitative estimate of drug-likeness (QED) is 0.356. The molecule has 6 rings (SSSR count). The van der Waals surface area contributed by atoms with Gasteiger partial charge in [-0.15, -0.1) is 0 Å². The minimum atomic E-state index is -0.451. The largest absolute Gasteiger partial charge is 0.275 e. The number of hydrogen-bond donors (Lipinski definition) is 0. The van der Waals surface area contributed by atoms with Gasteiger partial charge in [-0.3, -0.25) is 18.4 Å². The van der Waals surface area contributed by atoms with E-state index >= 15 is 0 Å². The SMILES string of the molecule is N#Cc1c(-c2ccc(Cl)cc2)c2c3ccccc3c(=O)n3c4ccccc4n(c1=O)c23. The lowest BCUT2D eigenvalue weighted by molar-refractivity contribution is 1.10. The maximum Gasteiger partial charge on any atom is 0.275 e. The van der Waals surface area contributed by atoms with Gasteiger partial charge in [0.25, 0.3) is 11.1 Å². The first kappa shape index (κ1) is 17.7. The number of nitriles is 1. The molecular formula is C25H12ClN3O2. The molecule has 0 spiro atoms. The molecule has 0 aliphatic heterocycles. The molecule has 0 aliphatic carbocycles. The van der Waals surface area contributed by atoms with Crippen molar-refractivity contribution in [2.45, 2.75) is 0 Å². The van der Waals surface area contributed by atoms with Crippen LogP contribution in [0.5, 0.6) is 0 Å². The average molecular weight is 422 g/mol. The Morgan fingerprint density at radius 2 is 1.32 bits per heavy atom. The summed E-state index contributed by atoms with van der Waals surface area (Å²) in [4.78, 5) is 27.0. The lowest BCUT2D eigenvalue weighted by atomic mass is 9.95. The smallest absolute Gasteiger partial charge is 0.268 e.